The first-order valence-corrected chi connectivity index (χ1v) is 14.0. The van der Waals surface area contributed by atoms with Gasteiger partial charge in [-0.25, -0.2) is 27.8 Å². The van der Waals surface area contributed by atoms with E-state index >= 15 is 0 Å². The van der Waals surface area contributed by atoms with Crippen molar-refractivity contribution in [3.8, 4) is 34.6 Å². The van der Waals surface area contributed by atoms with Gasteiger partial charge in [0.05, 0.1) is 38.5 Å². The van der Waals surface area contributed by atoms with Gasteiger partial charge >= 0.3 is 0 Å². The number of rotatable bonds is 13. The molecule has 1 N–H and O–H groups in total. The molecule has 4 aromatic rings. The molecule has 3 heterocycles. The molecule has 13 nitrogen and oxygen atoms in total. The summed E-state index contributed by atoms with van der Waals surface area (Å²) in [7, 11) is 0.389. The lowest BCUT2D eigenvalue weighted by Gasteiger charge is -2.21. The van der Waals surface area contributed by atoms with E-state index in [0.717, 1.165) is 12.4 Å². The molecule has 0 unspecified atom stereocenters. The lowest BCUT2D eigenvalue weighted by atomic mass is 10.1. The molecular weight excluding hydrogens is 557 g/mol. The maximum atomic E-state index is 13.6. The van der Waals surface area contributed by atoms with E-state index in [-0.39, 0.29) is 24.2 Å². The van der Waals surface area contributed by atoms with Gasteiger partial charge in [0.15, 0.2) is 11.6 Å². The van der Waals surface area contributed by atoms with Crippen molar-refractivity contribution in [1.82, 2.24) is 29.7 Å². The maximum absolute atomic E-state index is 13.6. The Hall–Kier alpha value is -4.37. The van der Waals surface area contributed by atoms with E-state index in [4.69, 9.17) is 18.9 Å². The van der Waals surface area contributed by atoms with E-state index < -0.39 is 27.0 Å². The van der Waals surface area contributed by atoms with Gasteiger partial charge < -0.3 is 18.9 Å². The number of halogens is 1. The van der Waals surface area contributed by atoms with Crippen molar-refractivity contribution in [2.24, 2.45) is 0 Å². The fourth-order valence-corrected chi connectivity index (χ4v) is 5.12. The van der Waals surface area contributed by atoms with Gasteiger partial charge in [0.25, 0.3) is 0 Å². The molecule has 15 heteroatoms. The van der Waals surface area contributed by atoms with Gasteiger partial charge in [-0.3, -0.25) is 9.29 Å². The van der Waals surface area contributed by atoms with Gasteiger partial charge in [0.1, 0.15) is 35.3 Å². The van der Waals surface area contributed by atoms with Gasteiger partial charge in [-0.05, 0) is 25.1 Å². The first-order chi connectivity index (χ1) is 19.7. The number of ether oxygens (including phenoxy) is 4. The number of hydrogen-bond acceptors (Lipinski definition) is 11. The molecule has 0 fully saturated rings. The minimum Gasteiger partial charge on any atom is -0.494 e. The summed E-state index contributed by atoms with van der Waals surface area (Å²) in [5.74, 6) is -0.0639. The number of sulfonamides is 1. The first-order valence-electron chi connectivity index (χ1n) is 12.4. The fourth-order valence-electron chi connectivity index (χ4n) is 3.89. The Morgan fingerprint density at radius 3 is 2.24 bits per heavy atom. The Bertz CT molecular complexity index is 1560. The highest BCUT2D eigenvalue weighted by molar-refractivity contribution is 7.93. The van der Waals surface area contributed by atoms with Crippen molar-refractivity contribution in [1.29, 1.82) is 0 Å². The van der Waals surface area contributed by atoms with Crippen molar-refractivity contribution in [3.05, 3.63) is 60.4 Å². The quantitative estimate of drug-likeness (QED) is 0.229. The molecule has 4 rings (SSSR count). The van der Waals surface area contributed by atoms with Gasteiger partial charge in [0.2, 0.25) is 21.9 Å². The topological polar surface area (TPSA) is 152 Å². The van der Waals surface area contributed by atoms with Crippen molar-refractivity contribution in [2.45, 2.75) is 25.0 Å². The fraction of sp³-hybridized carbons (Fsp3) is 0.346. The van der Waals surface area contributed by atoms with Crippen molar-refractivity contribution in [2.75, 3.05) is 39.3 Å². The van der Waals surface area contributed by atoms with Crippen LogP contribution in [-0.2, 0) is 14.8 Å². The summed E-state index contributed by atoms with van der Waals surface area (Å²) < 4.78 is 66.4. The molecule has 0 saturated heterocycles. The molecule has 0 bridgehead atoms. The molecule has 0 radical (unpaired) electrons. The molecular formula is C26H30FN7O6S. The number of nitrogens with one attached hydrogen (secondary N) is 1. The third kappa shape index (κ3) is 6.52. The summed E-state index contributed by atoms with van der Waals surface area (Å²) >= 11 is 0. The van der Waals surface area contributed by atoms with E-state index in [2.05, 4.69) is 29.9 Å². The number of anilines is 1. The molecule has 3 aromatic heterocycles. The SMILES string of the molecule is COCCOc1cccc(-c2nnc(NS(=O)(=O)[C@@H](C)[C@H](C)c3ncc(F)cn3)n2-c2c(OC)cccc2OC)n1. The second kappa shape index (κ2) is 12.9. The van der Waals surface area contributed by atoms with Crippen LogP contribution in [-0.4, -0.2) is 77.9 Å². The van der Waals surface area contributed by atoms with Gasteiger partial charge in [0, 0.05) is 19.1 Å². The van der Waals surface area contributed by atoms with Crippen molar-refractivity contribution >= 4 is 16.0 Å². The summed E-state index contributed by atoms with van der Waals surface area (Å²) in [6.07, 6.45) is 1.98. The number of nitrogens with zero attached hydrogens (tertiary/aromatic N) is 6. The Kier molecular flexibility index (Phi) is 9.29. The number of pyridine rings is 1. The molecule has 41 heavy (non-hydrogen) atoms. The van der Waals surface area contributed by atoms with Crippen LogP contribution in [0.2, 0.25) is 0 Å². The lowest BCUT2D eigenvalue weighted by molar-refractivity contribution is 0.144. The zero-order valence-electron chi connectivity index (χ0n) is 23.1. The summed E-state index contributed by atoms with van der Waals surface area (Å²) in [6.45, 7) is 3.77. The highest BCUT2D eigenvalue weighted by Gasteiger charge is 2.32. The van der Waals surface area contributed by atoms with Crippen molar-refractivity contribution < 1.29 is 31.8 Å². The average molecular weight is 588 g/mol. The van der Waals surface area contributed by atoms with E-state index in [9.17, 15) is 12.8 Å². The van der Waals surface area contributed by atoms with E-state index in [0.29, 0.717) is 35.4 Å². The van der Waals surface area contributed by atoms with E-state index in [1.807, 2.05) is 0 Å². The zero-order valence-corrected chi connectivity index (χ0v) is 23.9. The standard InChI is InChI=1S/C26H30FN7O6S/c1-16(24-28-14-18(27)15-29-24)17(2)41(35,36)33-26-32-31-25(19-8-6-11-22(30-19)40-13-12-37-3)34(26)23-20(38-4)9-7-10-21(23)39-5/h6-11,14-17H,12-13H2,1-5H3,(H,32,33)/t16-,17-/m0/s1. The van der Waals surface area contributed by atoms with Crippen LogP contribution in [0.5, 0.6) is 17.4 Å². The average Bonchev–Trinajstić information content (AvgIpc) is 3.38. The Balaban J connectivity index is 1.81. The molecule has 0 amide bonds. The number of para-hydroxylation sites is 1. The smallest absolute Gasteiger partial charge is 0.243 e. The Labute approximate surface area is 236 Å². The minimum absolute atomic E-state index is 0.144. The third-order valence-electron chi connectivity index (χ3n) is 6.25. The number of aromatic nitrogens is 6. The van der Waals surface area contributed by atoms with Crippen LogP contribution < -0.4 is 18.9 Å². The van der Waals surface area contributed by atoms with E-state index in [1.54, 1.807) is 50.4 Å². The van der Waals surface area contributed by atoms with Crippen LogP contribution in [0.25, 0.3) is 17.2 Å². The molecule has 0 aliphatic heterocycles. The van der Waals surface area contributed by atoms with Crippen LogP contribution in [0, 0.1) is 5.82 Å². The Morgan fingerprint density at radius 2 is 1.61 bits per heavy atom. The number of methoxy groups -OCH3 is 3. The second-order valence-electron chi connectivity index (χ2n) is 8.80. The summed E-state index contributed by atoms with van der Waals surface area (Å²) in [4.78, 5) is 12.4. The minimum atomic E-state index is -4.12. The number of benzene rings is 1. The van der Waals surface area contributed by atoms with Crippen LogP contribution in [0.15, 0.2) is 48.8 Å². The largest absolute Gasteiger partial charge is 0.494 e. The lowest BCUT2D eigenvalue weighted by Crippen LogP contribution is -2.31. The van der Waals surface area contributed by atoms with Crippen molar-refractivity contribution in [3.63, 3.8) is 0 Å². The maximum Gasteiger partial charge on any atom is 0.243 e. The summed E-state index contributed by atoms with van der Waals surface area (Å²) in [5.41, 5.74) is 0.678. The van der Waals surface area contributed by atoms with E-state index in [1.165, 1.54) is 25.7 Å². The second-order valence-corrected chi connectivity index (χ2v) is 10.8. The Morgan fingerprint density at radius 1 is 0.951 bits per heavy atom. The molecule has 0 aliphatic rings. The normalized spacial score (nSPS) is 12.9. The zero-order chi connectivity index (χ0) is 29.6. The molecule has 0 spiro atoms. The van der Waals surface area contributed by atoms with Crippen LogP contribution in [0.3, 0.4) is 0 Å². The van der Waals surface area contributed by atoms with Crippen LogP contribution >= 0.6 is 0 Å². The molecule has 218 valence electrons. The number of hydrogen-bond donors (Lipinski definition) is 1. The van der Waals surface area contributed by atoms with Gasteiger partial charge in [-0.1, -0.05) is 19.1 Å². The van der Waals surface area contributed by atoms with Crippen LogP contribution in [0.1, 0.15) is 25.6 Å². The monoisotopic (exact) mass is 587 g/mol. The molecule has 0 saturated carbocycles. The van der Waals surface area contributed by atoms with Gasteiger partial charge in [-0.2, -0.15) is 0 Å². The summed E-state index contributed by atoms with van der Waals surface area (Å²) in [6, 6.07) is 10.2. The highest BCUT2D eigenvalue weighted by Crippen LogP contribution is 2.38. The first kappa shape index (κ1) is 29.6. The predicted molar refractivity (Wildman–Crippen MR) is 147 cm³/mol. The summed E-state index contributed by atoms with van der Waals surface area (Å²) in [5, 5.41) is 7.39. The van der Waals surface area contributed by atoms with Gasteiger partial charge in [-0.15, -0.1) is 10.2 Å². The molecule has 2 atom stereocenters. The van der Waals surface area contributed by atoms with Crippen LogP contribution in [0.4, 0.5) is 10.3 Å². The highest BCUT2D eigenvalue weighted by atomic mass is 32.2. The molecule has 0 aliphatic carbocycles. The predicted octanol–water partition coefficient (Wildman–Crippen LogP) is 3.23. The molecule has 1 aromatic carbocycles. The third-order valence-corrected chi connectivity index (χ3v) is 8.11.